The van der Waals surface area contributed by atoms with Crippen LogP contribution in [0.5, 0.6) is 0 Å². The highest BCUT2D eigenvalue weighted by Gasteiger charge is 2.34. The molecule has 4 nitrogen and oxygen atoms in total. The molecule has 102 valence electrons. The van der Waals surface area contributed by atoms with E-state index in [9.17, 15) is 9.90 Å². The van der Waals surface area contributed by atoms with Crippen LogP contribution >= 0.6 is 11.8 Å². The molecule has 0 saturated heterocycles. The second-order valence-corrected chi connectivity index (χ2v) is 6.00. The smallest absolute Gasteiger partial charge is 0.168 e. The molecular weight excluding hydrogens is 250 g/mol. The number of oxime groups is 1. The molecule has 0 fully saturated rings. The van der Waals surface area contributed by atoms with Gasteiger partial charge in [-0.15, -0.1) is 11.8 Å². The Morgan fingerprint density at radius 2 is 2.17 bits per heavy atom. The molecule has 18 heavy (non-hydrogen) atoms. The molecule has 0 radical (unpaired) electrons. The second kappa shape index (κ2) is 6.27. The topological polar surface area (TPSA) is 58.9 Å². The van der Waals surface area contributed by atoms with Crippen molar-refractivity contribution in [2.45, 2.75) is 40.0 Å². The van der Waals surface area contributed by atoms with E-state index in [-0.39, 0.29) is 17.0 Å². The number of hydrogen-bond acceptors (Lipinski definition) is 5. The molecule has 0 unspecified atom stereocenters. The van der Waals surface area contributed by atoms with Crippen molar-refractivity contribution in [3.8, 4) is 0 Å². The van der Waals surface area contributed by atoms with E-state index in [1.807, 2.05) is 27.0 Å². The van der Waals surface area contributed by atoms with Crippen molar-refractivity contribution in [1.29, 1.82) is 0 Å². The van der Waals surface area contributed by atoms with Gasteiger partial charge in [0.05, 0.1) is 11.3 Å². The summed E-state index contributed by atoms with van der Waals surface area (Å²) in [6.45, 7) is 5.85. The number of aliphatic hydroxyl groups is 1. The van der Waals surface area contributed by atoms with E-state index in [4.69, 9.17) is 4.84 Å². The van der Waals surface area contributed by atoms with Crippen LogP contribution in [0.2, 0.25) is 0 Å². The number of Topliss-reactive ketones (excluding diaryl/α,β-unsaturated/α-hetero) is 1. The summed E-state index contributed by atoms with van der Waals surface area (Å²) in [6.07, 6.45) is 3.43. The van der Waals surface area contributed by atoms with Crippen molar-refractivity contribution in [3.63, 3.8) is 0 Å². The molecule has 0 aliphatic heterocycles. The Hall–Kier alpha value is -0.970. The standard InChI is InChI=1S/C13H21NO3S/c1-5-9(14-17-8-18-4)12-10(15)6-13(2,3)7-11(12)16/h15H,5-8H2,1-4H3/b14-9-. The SMILES string of the molecule is CC/C(=N/OCSC)C1=C(O)CC(C)(C)CC1=O. The van der Waals surface area contributed by atoms with Crippen LogP contribution in [-0.2, 0) is 9.63 Å². The number of aliphatic hydroxyl groups excluding tert-OH is 1. The van der Waals surface area contributed by atoms with Gasteiger partial charge in [-0.1, -0.05) is 25.9 Å². The zero-order valence-electron chi connectivity index (χ0n) is 11.4. The third-order valence-corrected chi connectivity index (χ3v) is 3.16. The zero-order valence-corrected chi connectivity index (χ0v) is 12.3. The molecule has 5 heteroatoms. The molecule has 1 N–H and O–H groups in total. The van der Waals surface area contributed by atoms with Gasteiger partial charge in [-0.25, -0.2) is 0 Å². The first-order chi connectivity index (χ1) is 8.41. The summed E-state index contributed by atoms with van der Waals surface area (Å²) in [5, 5.41) is 14.0. The minimum Gasteiger partial charge on any atom is -0.511 e. The van der Waals surface area contributed by atoms with Crippen LogP contribution in [0.25, 0.3) is 0 Å². The third-order valence-electron chi connectivity index (χ3n) is 2.82. The lowest BCUT2D eigenvalue weighted by Gasteiger charge is -2.29. The van der Waals surface area contributed by atoms with Gasteiger partial charge in [0.15, 0.2) is 11.7 Å². The Morgan fingerprint density at radius 3 is 2.67 bits per heavy atom. The van der Waals surface area contributed by atoms with E-state index >= 15 is 0 Å². The van der Waals surface area contributed by atoms with Crippen LogP contribution in [0, 0.1) is 5.41 Å². The first-order valence-corrected chi connectivity index (χ1v) is 7.44. The average Bonchev–Trinajstić information content (AvgIpc) is 2.24. The van der Waals surface area contributed by atoms with Gasteiger partial charge >= 0.3 is 0 Å². The Morgan fingerprint density at radius 1 is 1.50 bits per heavy atom. The van der Waals surface area contributed by atoms with Crippen molar-refractivity contribution in [2.75, 3.05) is 12.2 Å². The van der Waals surface area contributed by atoms with Crippen LogP contribution in [0.4, 0.5) is 0 Å². The van der Waals surface area contributed by atoms with Crippen molar-refractivity contribution in [1.82, 2.24) is 0 Å². The number of rotatable bonds is 5. The van der Waals surface area contributed by atoms with Crippen molar-refractivity contribution < 1.29 is 14.7 Å². The highest BCUT2D eigenvalue weighted by molar-refractivity contribution is 7.98. The quantitative estimate of drug-likeness (QED) is 0.361. The van der Waals surface area contributed by atoms with Gasteiger partial charge in [0, 0.05) is 12.8 Å². The normalized spacial score (nSPS) is 20.2. The van der Waals surface area contributed by atoms with E-state index in [0.29, 0.717) is 36.5 Å². The molecule has 0 heterocycles. The zero-order chi connectivity index (χ0) is 13.8. The van der Waals surface area contributed by atoms with E-state index in [1.54, 1.807) is 0 Å². The van der Waals surface area contributed by atoms with Gasteiger partial charge in [-0.2, -0.15) is 0 Å². The molecule has 0 bridgehead atoms. The van der Waals surface area contributed by atoms with Gasteiger partial charge in [-0.3, -0.25) is 4.79 Å². The van der Waals surface area contributed by atoms with Crippen LogP contribution < -0.4 is 0 Å². The lowest BCUT2D eigenvalue weighted by Crippen LogP contribution is -2.29. The number of thioether (sulfide) groups is 1. The number of nitrogens with zero attached hydrogens (tertiary/aromatic N) is 1. The molecule has 0 aromatic carbocycles. The molecule has 1 aliphatic carbocycles. The number of carbonyl (C=O) groups excluding carboxylic acids is 1. The minimum atomic E-state index is -0.177. The minimum absolute atomic E-state index is 0.0444. The summed E-state index contributed by atoms with van der Waals surface area (Å²) in [4.78, 5) is 17.2. The summed E-state index contributed by atoms with van der Waals surface area (Å²) >= 11 is 1.51. The van der Waals surface area contributed by atoms with Crippen LogP contribution in [0.15, 0.2) is 16.5 Å². The van der Waals surface area contributed by atoms with Crippen molar-refractivity contribution in [2.24, 2.45) is 10.6 Å². The molecule has 0 saturated carbocycles. The molecule has 0 aromatic rings. The van der Waals surface area contributed by atoms with E-state index in [0.717, 1.165) is 0 Å². The summed E-state index contributed by atoms with van der Waals surface area (Å²) < 4.78 is 0. The van der Waals surface area contributed by atoms with Crippen LogP contribution in [-0.4, -0.2) is 28.8 Å². The average molecular weight is 271 g/mol. The summed E-state index contributed by atoms with van der Waals surface area (Å²) in [5.74, 6) is 0.540. The third kappa shape index (κ3) is 3.77. The maximum absolute atomic E-state index is 12.1. The monoisotopic (exact) mass is 271 g/mol. The fourth-order valence-electron chi connectivity index (χ4n) is 2.06. The fourth-order valence-corrected chi connectivity index (χ4v) is 2.22. The Labute approximate surface area is 112 Å². The van der Waals surface area contributed by atoms with Crippen molar-refractivity contribution >= 4 is 23.3 Å². The molecule has 1 aliphatic rings. The van der Waals surface area contributed by atoms with Crippen LogP contribution in [0.3, 0.4) is 0 Å². The highest BCUT2D eigenvalue weighted by atomic mass is 32.2. The molecule has 0 aromatic heterocycles. The molecule has 0 atom stereocenters. The predicted molar refractivity (Wildman–Crippen MR) is 74.9 cm³/mol. The maximum Gasteiger partial charge on any atom is 0.168 e. The summed E-state index contributed by atoms with van der Waals surface area (Å²) in [6, 6.07) is 0. The van der Waals surface area contributed by atoms with E-state index in [2.05, 4.69) is 5.16 Å². The van der Waals surface area contributed by atoms with Gasteiger partial charge in [0.25, 0.3) is 0 Å². The Bertz CT molecular complexity index is 386. The summed E-state index contributed by atoms with van der Waals surface area (Å²) in [7, 11) is 0. The van der Waals surface area contributed by atoms with Gasteiger partial charge in [0.1, 0.15) is 5.76 Å². The van der Waals surface area contributed by atoms with Crippen molar-refractivity contribution in [3.05, 3.63) is 11.3 Å². The number of allylic oxidation sites excluding steroid dienone is 2. The van der Waals surface area contributed by atoms with Crippen LogP contribution in [0.1, 0.15) is 40.0 Å². The molecule has 1 rings (SSSR count). The maximum atomic E-state index is 12.1. The van der Waals surface area contributed by atoms with E-state index < -0.39 is 0 Å². The first kappa shape index (κ1) is 15.1. The number of hydrogen-bond donors (Lipinski definition) is 1. The second-order valence-electron chi connectivity index (χ2n) is 5.19. The Kier molecular flexibility index (Phi) is 5.26. The van der Waals surface area contributed by atoms with Gasteiger partial charge in [0.2, 0.25) is 0 Å². The predicted octanol–water partition coefficient (Wildman–Crippen LogP) is 3.29. The fraction of sp³-hybridized carbons (Fsp3) is 0.692. The Balaban J connectivity index is 2.97. The molecular formula is C13H21NO3S. The lowest BCUT2D eigenvalue weighted by atomic mass is 9.75. The molecule has 0 spiro atoms. The largest absolute Gasteiger partial charge is 0.511 e. The lowest BCUT2D eigenvalue weighted by molar-refractivity contribution is -0.118. The first-order valence-electron chi connectivity index (χ1n) is 6.04. The molecule has 0 amide bonds. The number of ketones is 1. The highest BCUT2D eigenvalue weighted by Crippen LogP contribution is 2.36. The summed E-state index contributed by atoms with van der Waals surface area (Å²) in [5.41, 5.74) is 0.726. The van der Waals surface area contributed by atoms with Gasteiger partial charge < -0.3 is 9.94 Å². The van der Waals surface area contributed by atoms with E-state index in [1.165, 1.54) is 11.8 Å². The number of carbonyl (C=O) groups is 1. The van der Waals surface area contributed by atoms with Gasteiger partial charge in [-0.05, 0) is 18.1 Å².